The average molecular weight is 286 g/mol. The van der Waals surface area contributed by atoms with Crippen LogP contribution in [0.25, 0.3) is 0 Å². The molecule has 3 nitrogen and oxygen atoms in total. The van der Waals surface area contributed by atoms with Crippen molar-refractivity contribution in [2.24, 2.45) is 5.73 Å². The van der Waals surface area contributed by atoms with Gasteiger partial charge in [-0.25, -0.2) is 0 Å². The lowest BCUT2D eigenvalue weighted by molar-refractivity contribution is 0.122. The maximum absolute atomic E-state index is 10.3. The Balaban J connectivity index is 2.32. The zero-order valence-corrected chi connectivity index (χ0v) is 11.0. The van der Waals surface area contributed by atoms with Crippen LogP contribution in [0.4, 0.5) is 0 Å². The van der Waals surface area contributed by atoms with Crippen LogP contribution in [0.2, 0.25) is 10.2 Å². The van der Waals surface area contributed by atoms with E-state index in [1.54, 1.807) is 18.2 Å². The number of rotatable bonds is 4. The van der Waals surface area contributed by atoms with Gasteiger partial charge >= 0.3 is 0 Å². The van der Waals surface area contributed by atoms with Crippen LogP contribution >= 0.6 is 23.2 Å². The summed E-state index contributed by atoms with van der Waals surface area (Å²) in [5.41, 5.74) is 6.52. The molecule has 0 spiro atoms. The summed E-state index contributed by atoms with van der Waals surface area (Å²) in [6.45, 7) is 0.253. The van der Waals surface area contributed by atoms with Crippen molar-refractivity contribution in [1.82, 2.24) is 0 Å². The van der Waals surface area contributed by atoms with Gasteiger partial charge in [0.15, 0.2) is 5.22 Å². The van der Waals surface area contributed by atoms with Crippen LogP contribution in [-0.2, 0) is 0 Å². The van der Waals surface area contributed by atoms with Gasteiger partial charge in [0.05, 0.1) is 0 Å². The lowest BCUT2D eigenvalue weighted by Gasteiger charge is -2.21. The van der Waals surface area contributed by atoms with Crippen molar-refractivity contribution in [2.45, 2.75) is 12.0 Å². The summed E-state index contributed by atoms with van der Waals surface area (Å²) in [7, 11) is 0. The number of aliphatic hydroxyl groups is 1. The number of nitrogens with two attached hydrogens (primary N) is 1. The van der Waals surface area contributed by atoms with Crippen LogP contribution in [0.1, 0.15) is 23.3 Å². The third-order valence-electron chi connectivity index (χ3n) is 2.83. The predicted molar refractivity (Wildman–Crippen MR) is 71.9 cm³/mol. The minimum absolute atomic E-state index is 0.235. The molecule has 1 aromatic heterocycles. The van der Waals surface area contributed by atoms with Crippen molar-refractivity contribution in [3.05, 3.63) is 58.0 Å². The number of furan rings is 1. The highest BCUT2D eigenvalue weighted by Crippen LogP contribution is 2.35. The summed E-state index contributed by atoms with van der Waals surface area (Å²) in [6.07, 6.45) is -0.873. The molecule has 96 valence electrons. The molecule has 1 aromatic carbocycles. The highest BCUT2D eigenvalue weighted by molar-refractivity contribution is 6.31. The van der Waals surface area contributed by atoms with Gasteiger partial charge in [-0.3, -0.25) is 0 Å². The summed E-state index contributed by atoms with van der Waals surface area (Å²) >= 11 is 11.8. The molecule has 5 heteroatoms. The summed E-state index contributed by atoms with van der Waals surface area (Å²) in [6, 6.07) is 10.5. The molecule has 2 unspecified atom stereocenters. The minimum atomic E-state index is -0.873. The van der Waals surface area contributed by atoms with E-state index < -0.39 is 6.10 Å². The molecule has 0 radical (unpaired) electrons. The van der Waals surface area contributed by atoms with E-state index in [0.717, 1.165) is 5.56 Å². The largest absolute Gasteiger partial charge is 0.447 e. The van der Waals surface area contributed by atoms with Gasteiger partial charge in [-0.1, -0.05) is 29.8 Å². The maximum Gasteiger partial charge on any atom is 0.193 e. The number of hydrogen-bond acceptors (Lipinski definition) is 3. The van der Waals surface area contributed by atoms with Crippen molar-refractivity contribution in [1.29, 1.82) is 0 Å². The first-order valence-electron chi connectivity index (χ1n) is 5.51. The first-order valence-corrected chi connectivity index (χ1v) is 6.27. The van der Waals surface area contributed by atoms with Gasteiger partial charge in [-0.2, -0.15) is 0 Å². The van der Waals surface area contributed by atoms with Crippen LogP contribution in [0.3, 0.4) is 0 Å². The predicted octanol–water partition coefficient (Wildman–Crippen LogP) is 3.36. The molecule has 0 aliphatic heterocycles. The van der Waals surface area contributed by atoms with Crippen molar-refractivity contribution in [3.63, 3.8) is 0 Å². The fraction of sp³-hybridized carbons (Fsp3) is 0.231. The molecule has 0 aliphatic carbocycles. The second-order valence-electron chi connectivity index (χ2n) is 3.95. The van der Waals surface area contributed by atoms with E-state index in [1.807, 2.05) is 18.2 Å². The summed E-state index contributed by atoms with van der Waals surface area (Å²) in [4.78, 5) is 0. The van der Waals surface area contributed by atoms with E-state index in [0.29, 0.717) is 10.8 Å². The number of hydrogen-bond donors (Lipinski definition) is 2. The van der Waals surface area contributed by atoms with Gasteiger partial charge < -0.3 is 15.3 Å². The molecule has 0 bridgehead atoms. The van der Waals surface area contributed by atoms with Crippen LogP contribution in [0.5, 0.6) is 0 Å². The Bertz CT molecular complexity index is 527. The zero-order chi connectivity index (χ0) is 13.1. The molecule has 0 saturated heterocycles. The van der Waals surface area contributed by atoms with Gasteiger partial charge in [0.2, 0.25) is 0 Å². The Kier molecular flexibility index (Phi) is 4.30. The summed E-state index contributed by atoms with van der Waals surface area (Å²) in [5, 5.41) is 11.1. The van der Waals surface area contributed by atoms with Crippen molar-refractivity contribution >= 4 is 23.2 Å². The maximum atomic E-state index is 10.3. The first kappa shape index (κ1) is 13.4. The van der Waals surface area contributed by atoms with Gasteiger partial charge in [-0.15, -0.1) is 0 Å². The van der Waals surface area contributed by atoms with Crippen LogP contribution in [-0.4, -0.2) is 11.7 Å². The highest BCUT2D eigenvalue weighted by Gasteiger charge is 2.25. The third-order valence-corrected chi connectivity index (χ3v) is 3.37. The standard InChI is InChI=1S/C13H13Cl2NO2/c14-10-4-2-1-3-8(10)9(7-16)13(17)11-5-6-12(15)18-11/h1-6,9,13,17H,7,16H2. The van der Waals surface area contributed by atoms with E-state index in [1.165, 1.54) is 0 Å². The monoisotopic (exact) mass is 285 g/mol. The fourth-order valence-corrected chi connectivity index (χ4v) is 2.32. The zero-order valence-electron chi connectivity index (χ0n) is 9.51. The lowest BCUT2D eigenvalue weighted by Crippen LogP contribution is -2.20. The van der Waals surface area contributed by atoms with Gasteiger partial charge in [0, 0.05) is 17.5 Å². The van der Waals surface area contributed by atoms with E-state index in [2.05, 4.69) is 0 Å². The summed E-state index contributed by atoms with van der Waals surface area (Å²) in [5.74, 6) is 0.0521. The van der Waals surface area contributed by atoms with E-state index >= 15 is 0 Å². The van der Waals surface area contributed by atoms with Crippen LogP contribution in [0, 0.1) is 0 Å². The topological polar surface area (TPSA) is 59.4 Å². The number of benzene rings is 1. The molecule has 0 aliphatic rings. The summed E-state index contributed by atoms with van der Waals surface area (Å²) < 4.78 is 5.21. The van der Waals surface area contributed by atoms with E-state index in [4.69, 9.17) is 33.4 Å². The Labute approximate surface area is 115 Å². The molecule has 2 rings (SSSR count). The Morgan fingerprint density at radius 2 is 1.89 bits per heavy atom. The van der Waals surface area contributed by atoms with Crippen molar-refractivity contribution in [2.75, 3.05) is 6.54 Å². The third kappa shape index (κ3) is 2.70. The minimum Gasteiger partial charge on any atom is -0.447 e. The van der Waals surface area contributed by atoms with E-state index in [-0.39, 0.29) is 17.7 Å². The lowest BCUT2D eigenvalue weighted by atomic mass is 9.92. The Morgan fingerprint density at radius 3 is 2.44 bits per heavy atom. The SMILES string of the molecule is NCC(c1ccccc1Cl)C(O)c1ccc(Cl)o1. The van der Waals surface area contributed by atoms with Gasteiger partial charge in [0.25, 0.3) is 0 Å². The molecule has 1 heterocycles. The molecule has 0 saturated carbocycles. The molecular formula is C13H13Cl2NO2. The number of aliphatic hydroxyl groups excluding tert-OH is 1. The van der Waals surface area contributed by atoms with Crippen LogP contribution < -0.4 is 5.73 Å². The molecular weight excluding hydrogens is 273 g/mol. The molecule has 0 fully saturated rings. The quantitative estimate of drug-likeness (QED) is 0.906. The van der Waals surface area contributed by atoms with E-state index in [9.17, 15) is 5.11 Å². The van der Waals surface area contributed by atoms with Gasteiger partial charge in [-0.05, 0) is 35.4 Å². The Hall–Kier alpha value is -1.00. The molecule has 0 amide bonds. The van der Waals surface area contributed by atoms with Crippen molar-refractivity contribution in [3.8, 4) is 0 Å². The fourth-order valence-electron chi connectivity index (χ4n) is 1.89. The molecule has 3 N–H and O–H groups in total. The number of halogens is 2. The van der Waals surface area contributed by atoms with Crippen LogP contribution in [0.15, 0.2) is 40.8 Å². The molecule has 18 heavy (non-hydrogen) atoms. The normalized spacial score (nSPS) is 14.4. The highest BCUT2D eigenvalue weighted by atomic mass is 35.5. The second kappa shape index (κ2) is 5.76. The first-order chi connectivity index (χ1) is 8.63. The smallest absolute Gasteiger partial charge is 0.193 e. The second-order valence-corrected chi connectivity index (χ2v) is 4.73. The van der Waals surface area contributed by atoms with Crippen molar-refractivity contribution < 1.29 is 9.52 Å². The molecule has 2 atom stereocenters. The average Bonchev–Trinajstić information content (AvgIpc) is 2.79. The molecule has 2 aromatic rings. The van der Waals surface area contributed by atoms with Gasteiger partial charge in [0.1, 0.15) is 11.9 Å². The Morgan fingerprint density at radius 1 is 1.17 bits per heavy atom.